The van der Waals surface area contributed by atoms with Gasteiger partial charge in [0.2, 0.25) is 10.0 Å². The van der Waals surface area contributed by atoms with Gasteiger partial charge in [-0.15, -0.1) is 0 Å². The molecule has 1 unspecified atom stereocenters. The molecule has 2 aliphatic rings. The van der Waals surface area contributed by atoms with Crippen molar-refractivity contribution in [1.29, 1.82) is 0 Å². The van der Waals surface area contributed by atoms with Crippen LogP contribution in [0, 0.1) is 12.8 Å². The van der Waals surface area contributed by atoms with Crippen molar-refractivity contribution in [3.8, 4) is 0 Å². The molecule has 21 heavy (non-hydrogen) atoms. The Hall–Kier alpha value is -0.850. The van der Waals surface area contributed by atoms with Gasteiger partial charge in [-0.3, -0.25) is 0 Å². The van der Waals surface area contributed by atoms with E-state index in [0.717, 1.165) is 25.7 Å². The van der Waals surface area contributed by atoms with E-state index in [1.165, 1.54) is 12.8 Å². The molecule has 1 atom stereocenters. The molecule has 6 heteroatoms. The molecule has 1 saturated carbocycles. The minimum atomic E-state index is -3.46. The first-order valence-corrected chi connectivity index (χ1v) is 9.29. The van der Waals surface area contributed by atoms with E-state index >= 15 is 0 Å². The highest BCUT2D eigenvalue weighted by Crippen LogP contribution is 2.38. The van der Waals surface area contributed by atoms with E-state index in [9.17, 15) is 8.42 Å². The molecule has 1 aliphatic carbocycles. The second kappa shape index (κ2) is 5.74. The molecule has 0 amide bonds. The molecule has 0 radical (unpaired) electrons. The van der Waals surface area contributed by atoms with Crippen LogP contribution in [-0.4, -0.2) is 25.3 Å². The van der Waals surface area contributed by atoms with Crippen molar-refractivity contribution in [2.75, 3.05) is 6.54 Å². The molecule has 2 fully saturated rings. The van der Waals surface area contributed by atoms with Crippen molar-refractivity contribution in [2.24, 2.45) is 11.7 Å². The number of nitrogens with zero attached hydrogens (tertiary/aromatic N) is 1. The third kappa shape index (κ3) is 2.64. The van der Waals surface area contributed by atoms with Crippen molar-refractivity contribution < 1.29 is 12.8 Å². The Labute approximate surface area is 126 Å². The second-order valence-corrected chi connectivity index (χ2v) is 8.07. The van der Waals surface area contributed by atoms with Crippen molar-refractivity contribution in [3.63, 3.8) is 0 Å². The van der Waals surface area contributed by atoms with Crippen molar-refractivity contribution in [3.05, 3.63) is 17.6 Å². The molecule has 2 heterocycles. The Balaban J connectivity index is 1.90. The molecule has 0 bridgehead atoms. The van der Waals surface area contributed by atoms with Gasteiger partial charge in [-0.1, -0.05) is 12.8 Å². The molecule has 1 aromatic rings. The van der Waals surface area contributed by atoms with E-state index in [0.29, 0.717) is 28.9 Å². The smallest absolute Gasteiger partial charge is 0.246 e. The maximum atomic E-state index is 13.0. The van der Waals surface area contributed by atoms with Crippen molar-refractivity contribution >= 4 is 10.0 Å². The van der Waals surface area contributed by atoms with Gasteiger partial charge in [-0.25, -0.2) is 8.42 Å². The third-order valence-corrected chi connectivity index (χ3v) is 6.94. The van der Waals surface area contributed by atoms with Crippen molar-refractivity contribution in [1.82, 2.24) is 4.31 Å². The molecule has 118 valence electrons. The van der Waals surface area contributed by atoms with Crippen LogP contribution in [0.3, 0.4) is 0 Å². The molecule has 3 rings (SSSR count). The molecule has 2 N–H and O–H groups in total. The number of sulfonamides is 1. The minimum absolute atomic E-state index is 0.174. The quantitative estimate of drug-likeness (QED) is 0.926. The predicted molar refractivity (Wildman–Crippen MR) is 80.2 cm³/mol. The summed E-state index contributed by atoms with van der Waals surface area (Å²) in [5.74, 6) is 1.51. The number of rotatable bonds is 4. The Morgan fingerprint density at radius 2 is 2.00 bits per heavy atom. The van der Waals surface area contributed by atoms with Gasteiger partial charge >= 0.3 is 0 Å². The SMILES string of the molecule is Cc1oc(CN)cc1S(=O)(=O)N1CCCC1C1CCCC1. The topological polar surface area (TPSA) is 76.5 Å². The van der Waals surface area contributed by atoms with Crippen LogP contribution in [0.1, 0.15) is 50.0 Å². The summed E-state index contributed by atoms with van der Waals surface area (Å²) in [7, 11) is -3.46. The lowest BCUT2D eigenvalue weighted by Gasteiger charge is -2.28. The number of nitrogens with two attached hydrogens (primary N) is 1. The molecule has 1 aromatic heterocycles. The van der Waals surface area contributed by atoms with Gasteiger partial charge in [0, 0.05) is 18.7 Å². The minimum Gasteiger partial charge on any atom is -0.464 e. The zero-order valence-corrected chi connectivity index (χ0v) is 13.4. The summed E-state index contributed by atoms with van der Waals surface area (Å²) in [6, 6.07) is 1.77. The fraction of sp³-hybridized carbons (Fsp3) is 0.733. The highest BCUT2D eigenvalue weighted by molar-refractivity contribution is 7.89. The monoisotopic (exact) mass is 312 g/mol. The van der Waals surface area contributed by atoms with Gasteiger partial charge in [0.1, 0.15) is 16.4 Å². The summed E-state index contributed by atoms with van der Waals surface area (Å²) < 4.78 is 33.1. The maximum absolute atomic E-state index is 13.0. The molecule has 1 aliphatic heterocycles. The van der Waals surface area contributed by atoms with Crippen LogP contribution < -0.4 is 5.73 Å². The van der Waals surface area contributed by atoms with Crippen LogP contribution in [0.4, 0.5) is 0 Å². The summed E-state index contributed by atoms with van der Waals surface area (Å²) in [4.78, 5) is 0.299. The van der Waals surface area contributed by atoms with Gasteiger partial charge in [0.25, 0.3) is 0 Å². The van der Waals surface area contributed by atoms with E-state index in [2.05, 4.69) is 0 Å². The Kier molecular flexibility index (Phi) is 4.12. The summed E-state index contributed by atoms with van der Waals surface area (Å²) in [6.45, 7) is 2.56. The lowest BCUT2D eigenvalue weighted by atomic mass is 9.97. The number of furan rings is 1. The zero-order chi connectivity index (χ0) is 15.0. The standard InChI is InChI=1S/C15H24N2O3S/c1-11-15(9-13(10-16)20-11)21(18,19)17-8-4-7-14(17)12-5-2-3-6-12/h9,12,14H,2-8,10,16H2,1H3. The molecule has 5 nitrogen and oxygen atoms in total. The average molecular weight is 312 g/mol. The van der Waals surface area contributed by atoms with Gasteiger partial charge in [-0.2, -0.15) is 4.31 Å². The van der Waals surface area contributed by atoms with E-state index < -0.39 is 10.0 Å². The Morgan fingerprint density at radius 1 is 1.29 bits per heavy atom. The Bertz CT molecular complexity index is 602. The highest BCUT2D eigenvalue weighted by Gasteiger charge is 2.41. The third-order valence-electron chi connectivity index (χ3n) is 4.90. The van der Waals surface area contributed by atoms with Crippen molar-refractivity contribution in [2.45, 2.75) is 62.9 Å². The molecular weight excluding hydrogens is 288 g/mol. The summed E-state index contributed by atoms with van der Waals surface area (Å²) >= 11 is 0. The number of hydrogen-bond acceptors (Lipinski definition) is 4. The van der Waals surface area contributed by atoms with Gasteiger partial charge in [0.15, 0.2) is 0 Å². The van der Waals surface area contributed by atoms with Crippen LogP contribution >= 0.6 is 0 Å². The summed E-state index contributed by atoms with van der Waals surface area (Å²) in [5.41, 5.74) is 5.55. The van der Waals surface area contributed by atoms with Crippen LogP contribution in [0.15, 0.2) is 15.4 Å². The van der Waals surface area contributed by atoms with E-state index in [-0.39, 0.29) is 12.6 Å². The largest absolute Gasteiger partial charge is 0.464 e. The normalized spacial score (nSPS) is 25.0. The van der Waals surface area contributed by atoms with Gasteiger partial charge in [-0.05, 0) is 38.5 Å². The van der Waals surface area contributed by atoms with Crippen LogP contribution in [-0.2, 0) is 16.6 Å². The lowest BCUT2D eigenvalue weighted by Crippen LogP contribution is -2.39. The summed E-state index contributed by atoms with van der Waals surface area (Å²) in [5, 5.41) is 0. The zero-order valence-electron chi connectivity index (χ0n) is 12.5. The lowest BCUT2D eigenvalue weighted by molar-refractivity contribution is 0.288. The van der Waals surface area contributed by atoms with Crippen LogP contribution in [0.2, 0.25) is 0 Å². The fourth-order valence-electron chi connectivity index (χ4n) is 3.88. The second-order valence-electron chi connectivity index (χ2n) is 6.21. The van der Waals surface area contributed by atoms with Gasteiger partial charge < -0.3 is 10.2 Å². The highest BCUT2D eigenvalue weighted by atomic mass is 32.2. The molecular formula is C15H24N2O3S. The first-order valence-electron chi connectivity index (χ1n) is 7.85. The van der Waals surface area contributed by atoms with E-state index in [4.69, 9.17) is 10.2 Å². The van der Waals surface area contributed by atoms with Crippen LogP contribution in [0.5, 0.6) is 0 Å². The van der Waals surface area contributed by atoms with E-state index in [1.54, 1.807) is 17.3 Å². The molecule has 1 saturated heterocycles. The fourth-order valence-corrected chi connectivity index (χ4v) is 5.83. The molecule has 0 spiro atoms. The predicted octanol–water partition coefficient (Wildman–Crippen LogP) is 2.39. The maximum Gasteiger partial charge on any atom is 0.246 e. The number of aryl methyl sites for hydroxylation is 1. The van der Waals surface area contributed by atoms with E-state index in [1.807, 2.05) is 0 Å². The Morgan fingerprint density at radius 3 is 2.62 bits per heavy atom. The van der Waals surface area contributed by atoms with Crippen LogP contribution in [0.25, 0.3) is 0 Å². The first kappa shape index (κ1) is 15.1. The summed E-state index contributed by atoms with van der Waals surface area (Å²) in [6.07, 6.45) is 6.74. The first-order chi connectivity index (χ1) is 10.0. The number of hydrogen-bond donors (Lipinski definition) is 1. The van der Waals surface area contributed by atoms with Gasteiger partial charge in [0.05, 0.1) is 6.54 Å². The average Bonchev–Trinajstić information content (AvgIpc) is 3.18. The molecule has 0 aromatic carbocycles.